The van der Waals surface area contributed by atoms with Crippen molar-refractivity contribution in [3.8, 4) is 17.6 Å². The minimum atomic E-state index is -4.67. The largest absolute Gasteiger partial charge is 0.455 e. The van der Waals surface area contributed by atoms with Crippen LogP contribution in [-0.4, -0.2) is 11.3 Å². The zero-order chi connectivity index (χ0) is 15.5. The van der Waals surface area contributed by atoms with Gasteiger partial charge in [0.25, 0.3) is 0 Å². The molecule has 0 saturated carbocycles. The summed E-state index contributed by atoms with van der Waals surface area (Å²) in [6.45, 7) is 0. The zero-order valence-electron chi connectivity index (χ0n) is 10.4. The van der Waals surface area contributed by atoms with Gasteiger partial charge >= 0.3 is 6.18 Å². The monoisotopic (exact) mass is 292 g/mol. The molecule has 1 heterocycles. The number of hydrogen-bond acceptors (Lipinski definition) is 4. The molecule has 4 nitrogen and oxygen atoms in total. The highest BCUT2D eigenvalue weighted by Gasteiger charge is 2.35. The number of aldehydes is 1. The van der Waals surface area contributed by atoms with Crippen molar-refractivity contribution in [2.45, 2.75) is 6.18 Å². The summed E-state index contributed by atoms with van der Waals surface area (Å²) in [5, 5.41) is 8.67. The smallest absolute Gasteiger partial charge is 0.420 e. The quantitative estimate of drug-likeness (QED) is 0.811. The average molecular weight is 292 g/mol. The van der Waals surface area contributed by atoms with Crippen molar-refractivity contribution in [3.05, 3.63) is 53.3 Å². The number of nitriles is 1. The van der Waals surface area contributed by atoms with Crippen molar-refractivity contribution < 1.29 is 22.7 Å². The van der Waals surface area contributed by atoms with Gasteiger partial charge in [-0.05, 0) is 24.3 Å². The molecular weight excluding hydrogens is 285 g/mol. The Morgan fingerprint density at radius 2 is 2.00 bits per heavy atom. The van der Waals surface area contributed by atoms with Crippen molar-refractivity contribution in [1.82, 2.24) is 4.98 Å². The molecule has 0 radical (unpaired) electrons. The van der Waals surface area contributed by atoms with Crippen LogP contribution < -0.4 is 4.74 Å². The van der Waals surface area contributed by atoms with Crippen molar-refractivity contribution >= 4 is 6.29 Å². The molecule has 1 aromatic carbocycles. The Bertz CT molecular complexity index is 721. The van der Waals surface area contributed by atoms with Crippen LogP contribution in [0.15, 0.2) is 36.7 Å². The van der Waals surface area contributed by atoms with Gasteiger partial charge < -0.3 is 4.74 Å². The molecule has 21 heavy (non-hydrogen) atoms. The van der Waals surface area contributed by atoms with Gasteiger partial charge in [0.15, 0.2) is 6.29 Å². The highest BCUT2D eigenvalue weighted by atomic mass is 19.4. The summed E-state index contributed by atoms with van der Waals surface area (Å²) in [7, 11) is 0. The van der Waals surface area contributed by atoms with Crippen LogP contribution in [0.4, 0.5) is 13.2 Å². The number of pyridine rings is 1. The zero-order valence-corrected chi connectivity index (χ0v) is 10.4. The summed E-state index contributed by atoms with van der Waals surface area (Å²) in [5.74, 6) is -0.471. The van der Waals surface area contributed by atoms with Crippen molar-refractivity contribution in [2.24, 2.45) is 0 Å². The van der Waals surface area contributed by atoms with E-state index in [1.807, 2.05) is 0 Å². The van der Waals surface area contributed by atoms with Crippen LogP contribution in [-0.2, 0) is 6.18 Å². The maximum Gasteiger partial charge on any atom is 0.420 e. The van der Waals surface area contributed by atoms with E-state index in [9.17, 15) is 18.0 Å². The van der Waals surface area contributed by atoms with E-state index in [-0.39, 0.29) is 16.9 Å². The first-order chi connectivity index (χ1) is 9.94. The van der Waals surface area contributed by atoms with E-state index in [1.165, 1.54) is 24.5 Å². The number of benzene rings is 1. The molecule has 2 aromatic rings. The maximum atomic E-state index is 13.0. The summed E-state index contributed by atoms with van der Waals surface area (Å²) >= 11 is 0. The molecule has 0 N–H and O–H groups in total. The van der Waals surface area contributed by atoms with Gasteiger partial charge in [-0.25, -0.2) is 0 Å². The van der Waals surface area contributed by atoms with Gasteiger partial charge in [0.05, 0.1) is 23.4 Å². The first-order valence-electron chi connectivity index (χ1n) is 5.63. The van der Waals surface area contributed by atoms with Crippen molar-refractivity contribution in [3.63, 3.8) is 0 Å². The molecule has 106 valence electrons. The summed E-state index contributed by atoms with van der Waals surface area (Å²) in [6.07, 6.45) is -1.73. The molecule has 0 aliphatic carbocycles. The molecule has 0 fully saturated rings. The topological polar surface area (TPSA) is 63.0 Å². The molecule has 0 aliphatic rings. The van der Waals surface area contributed by atoms with Crippen LogP contribution in [0.5, 0.6) is 11.5 Å². The number of alkyl halides is 3. The third-order valence-corrected chi connectivity index (χ3v) is 2.51. The Labute approximate surface area is 117 Å². The highest BCUT2D eigenvalue weighted by Crippen LogP contribution is 2.38. The molecule has 0 spiro atoms. The second-order valence-corrected chi connectivity index (χ2v) is 3.99. The molecule has 0 saturated heterocycles. The van der Waals surface area contributed by atoms with Gasteiger partial charge in [-0.1, -0.05) is 0 Å². The minimum Gasteiger partial charge on any atom is -0.455 e. The van der Waals surface area contributed by atoms with Gasteiger partial charge in [-0.3, -0.25) is 9.78 Å². The third kappa shape index (κ3) is 3.36. The number of nitrogens with zero attached hydrogens (tertiary/aromatic N) is 2. The highest BCUT2D eigenvalue weighted by molar-refractivity contribution is 5.74. The van der Waals surface area contributed by atoms with E-state index in [0.717, 1.165) is 6.07 Å². The molecule has 1 aromatic heterocycles. The first-order valence-corrected chi connectivity index (χ1v) is 5.63. The fourth-order valence-corrected chi connectivity index (χ4v) is 1.59. The molecule has 2 rings (SSSR count). The summed E-state index contributed by atoms with van der Waals surface area (Å²) in [4.78, 5) is 14.3. The maximum absolute atomic E-state index is 13.0. The number of hydrogen-bond donors (Lipinski definition) is 0. The average Bonchev–Trinajstić information content (AvgIpc) is 2.46. The standard InChI is InChI=1S/C14H7F3N2O2/c15-14(16,17)12-4-9(5-18)1-2-13(12)21-11-3-10(8-20)6-19-7-11/h1-4,6-8H. The summed E-state index contributed by atoms with van der Waals surface area (Å²) in [5.41, 5.74) is -1.03. The predicted octanol–water partition coefficient (Wildman–Crippen LogP) is 3.58. The molecule has 0 atom stereocenters. The molecule has 0 unspecified atom stereocenters. The van der Waals surface area contributed by atoms with Crippen LogP contribution >= 0.6 is 0 Å². The van der Waals surface area contributed by atoms with Gasteiger partial charge in [-0.2, -0.15) is 18.4 Å². The van der Waals surface area contributed by atoms with Crippen LogP contribution in [0.1, 0.15) is 21.5 Å². The lowest BCUT2D eigenvalue weighted by atomic mass is 10.1. The Morgan fingerprint density at radius 3 is 2.62 bits per heavy atom. The normalized spacial score (nSPS) is 10.8. The molecule has 0 aliphatic heterocycles. The van der Waals surface area contributed by atoms with E-state index >= 15 is 0 Å². The Hall–Kier alpha value is -2.88. The lowest BCUT2D eigenvalue weighted by molar-refractivity contribution is -0.138. The van der Waals surface area contributed by atoms with Crippen LogP contribution in [0.2, 0.25) is 0 Å². The molecule has 0 amide bonds. The molecular formula is C14H7F3N2O2. The Balaban J connectivity index is 2.44. The number of carbonyl (C=O) groups excluding carboxylic acids is 1. The van der Waals surface area contributed by atoms with Crippen LogP contribution in [0.25, 0.3) is 0 Å². The Morgan fingerprint density at radius 1 is 1.24 bits per heavy atom. The van der Waals surface area contributed by atoms with Gasteiger partial charge in [-0.15, -0.1) is 0 Å². The third-order valence-electron chi connectivity index (χ3n) is 2.51. The number of ether oxygens (including phenoxy) is 1. The predicted molar refractivity (Wildman–Crippen MR) is 65.9 cm³/mol. The fourth-order valence-electron chi connectivity index (χ4n) is 1.59. The SMILES string of the molecule is N#Cc1ccc(Oc2cncc(C=O)c2)c(C(F)(F)F)c1. The van der Waals surface area contributed by atoms with E-state index in [2.05, 4.69) is 4.98 Å². The minimum absolute atomic E-state index is 0.00481. The van der Waals surface area contributed by atoms with Gasteiger partial charge in [0, 0.05) is 11.8 Å². The summed E-state index contributed by atoms with van der Waals surface area (Å²) in [6, 6.07) is 5.86. The number of carbonyl (C=O) groups is 1. The number of aromatic nitrogens is 1. The van der Waals surface area contributed by atoms with E-state index in [0.29, 0.717) is 12.4 Å². The van der Waals surface area contributed by atoms with E-state index in [4.69, 9.17) is 10.00 Å². The second kappa shape index (κ2) is 5.63. The van der Waals surface area contributed by atoms with Crippen LogP contribution in [0.3, 0.4) is 0 Å². The molecule has 7 heteroatoms. The lowest BCUT2D eigenvalue weighted by Crippen LogP contribution is -2.07. The molecule has 0 bridgehead atoms. The van der Waals surface area contributed by atoms with E-state index < -0.39 is 17.5 Å². The number of halogens is 3. The second-order valence-electron chi connectivity index (χ2n) is 3.99. The fraction of sp³-hybridized carbons (Fsp3) is 0.0714. The van der Waals surface area contributed by atoms with Crippen LogP contribution in [0, 0.1) is 11.3 Å². The van der Waals surface area contributed by atoms with E-state index in [1.54, 1.807) is 6.07 Å². The van der Waals surface area contributed by atoms with Crippen molar-refractivity contribution in [1.29, 1.82) is 5.26 Å². The lowest BCUT2D eigenvalue weighted by Gasteiger charge is -2.13. The Kier molecular flexibility index (Phi) is 3.89. The van der Waals surface area contributed by atoms with Gasteiger partial charge in [0.2, 0.25) is 0 Å². The number of rotatable bonds is 3. The van der Waals surface area contributed by atoms with Crippen molar-refractivity contribution in [2.75, 3.05) is 0 Å². The first kappa shape index (κ1) is 14.5. The van der Waals surface area contributed by atoms with Gasteiger partial charge in [0.1, 0.15) is 11.5 Å². The summed E-state index contributed by atoms with van der Waals surface area (Å²) < 4.78 is 44.0.